The normalized spacial score (nSPS) is 33.1. The first-order valence-corrected chi connectivity index (χ1v) is 7.94. The van der Waals surface area contributed by atoms with E-state index >= 15 is 0 Å². The fourth-order valence-electron chi connectivity index (χ4n) is 3.74. The predicted octanol–water partition coefficient (Wildman–Crippen LogP) is 2.62. The molecule has 110 valence electrons. The van der Waals surface area contributed by atoms with Crippen LogP contribution in [0, 0.1) is 11.3 Å². The monoisotopic (exact) mass is 267 g/mol. The molecule has 2 unspecified atom stereocenters. The first-order chi connectivity index (χ1) is 9.04. The van der Waals surface area contributed by atoms with Gasteiger partial charge in [0.25, 0.3) is 0 Å². The Bertz CT molecular complexity index is 314. The van der Waals surface area contributed by atoms with Crippen LogP contribution in [0.25, 0.3) is 0 Å². The average Bonchev–Trinajstić information content (AvgIpc) is 2.60. The Labute approximate surface area is 117 Å². The molecule has 1 heterocycles. The summed E-state index contributed by atoms with van der Waals surface area (Å²) in [4.78, 5) is 14.9. The highest BCUT2D eigenvalue weighted by atomic mass is 16.3. The topological polar surface area (TPSA) is 40.5 Å². The van der Waals surface area contributed by atoms with E-state index in [-0.39, 0.29) is 24.0 Å². The van der Waals surface area contributed by atoms with Crippen LogP contribution in [0.3, 0.4) is 0 Å². The van der Waals surface area contributed by atoms with Crippen LogP contribution in [-0.4, -0.2) is 41.5 Å². The van der Waals surface area contributed by atoms with Gasteiger partial charge >= 0.3 is 0 Å². The standard InChI is InChI=1S/C16H29NO2/c1-16(2)9-6-7-13(15(16)19)11-17-10-5-3-4-8-14(17)12-18/h13-14,18H,3-12H2,1-2H3. The number of ketones is 1. The zero-order chi connectivity index (χ0) is 13.9. The Morgan fingerprint density at radius 2 is 2.00 bits per heavy atom. The van der Waals surface area contributed by atoms with E-state index in [0.29, 0.717) is 5.78 Å². The molecule has 1 saturated heterocycles. The van der Waals surface area contributed by atoms with Crippen molar-refractivity contribution in [1.29, 1.82) is 0 Å². The Morgan fingerprint density at radius 3 is 2.74 bits per heavy atom. The van der Waals surface area contributed by atoms with Crippen LogP contribution in [0.1, 0.15) is 58.8 Å². The van der Waals surface area contributed by atoms with Gasteiger partial charge in [0, 0.05) is 23.9 Å². The molecule has 0 bridgehead atoms. The van der Waals surface area contributed by atoms with Crippen molar-refractivity contribution in [1.82, 2.24) is 4.90 Å². The highest BCUT2D eigenvalue weighted by molar-refractivity contribution is 5.87. The zero-order valence-corrected chi connectivity index (χ0v) is 12.5. The van der Waals surface area contributed by atoms with Crippen LogP contribution in [0.5, 0.6) is 0 Å². The number of nitrogens with zero attached hydrogens (tertiary/aromatic N) is 1. The Morgan fingerprint density at radius 1 is 1.21 bits per heavy atom. The first-order valence-electron chi connectivity index (χ1n) is 7.94. The highest BCUT2D eigenvalue weighted by Crippen LogP contribution is 2.36. The summed E-state index contributed by atoms with van der Waals surface area (Å²) in [6, 6.07) is 0.278. The van der Waals surface area contributed by atoms with Crippen molar-refractivity contribution in [2.24, 2.45) is 11.3 Å². The number of hydrogen-bond donors (Lipinski definition) is 1. The molecule has 0 aromatic rings. The number of likely N-dealkylation sites (tertiary alicyclic amines) is 1. The molecule has 0 aromatic heterocycles. The van der Waals surface area contributed by atoms with Crippen LogP contribution in [-0.2, 0) is 4.79 Å². The van der Waals surface area contributed by atoms with Crippen molar-refractivity contribution in [3.63, 3.8) is 0 Å². The molecule has 1 aliphatic heterocycles. The van der Waals surface area contributed by atoms with E-state index in [9.17, 15) is 9.90 Å². The molecule has 1 N–H and O–H groups in total. The summed E-state index contributed by atoms with van der Waals surface area (Å²) >= 11 is 0. The summed E-state index contributed by atoms with van der Waals surface area (Å²) < 4.78 is 0. The van der Waals surface area contributed by atoms with Crippen LogP contribution in [0.4, 0.5) is 0 Å². The van der Waals surface area contributed by atoms with Gasteiger partial charge in [-0.15, -0.1) is 0 Å². The number of aliphatic hydroxyl groups excluding tert-OH is 1. The Balaban J connectivity index is 2.00. The summed E-state index contributed by atoms with van der Waals surface area (Å²) in [6.07, 6.45) is 8.01. The number of aliphatic hydroxyl groups is 1. The number of Topliss-reactive ketones (excluding diaryl/α,β-unsaturated/α-hetero) is 1. The van der Waals surface area contributed by atoms with E-state index in [4.69, 9.17) is 0 Å². The molecule has 1 aliphatic carbocycles. The maximum atomic E-state index is 12.5. The lowest BCUT2D eigenvalue weighted by Crippen LogP contribution is -2.46. The maximum absolute atomic E-state index is 12.5. The van der Waals surface area contributed by atoms with Crippen LogP contribution in [0.15, 0.2) is 0 Å². The Hall–Kier alpha value is -0.410. The van der Waals surface area contributed by atoms with Crippen LogP contribution in [0.2, 0.25) is 0 Å². The smallest absolute Gasteiger partial charge is 0.142 e. The molecule has 1 saturated carbocycles. The third kappa shape index (κ3) is 3.57. The van der Waals surface area contributed by atoms with Gasteiger partial charge in [0.1, 0.15) is 5.78 Å². The zero-order valence-electron chi connectivity index (χ0n) is 12.5. The summed E-state index contributed by atoms with van der Waals surface area (Å²) in [6.45, 7) is 6.34. The van der Waals surface area contributed by atoms with Gasteiger partial charge in [-0.3, -0.25) is 9.69 Å². The lowest BCUT2D eigenvalue weighted by molar-refractivity contribution is -0.135. The predicted molar refractivity (Wildman–Crippen MR) is 77.0 cm³/mol. The molecule has 3 heteroatoms. The minimum Gasteiger partial charge on any atom is -0.395 e. The largest absolute Gasteiger partial charge is 0.395 e. The minimum atomic E-state index is -0.135. The van der Waals surface area contributed by atoms with E-state index in [1.165, 1.54) is 25.7 Å². The summed E-state index contributed by atoms with van der Waals surface area (Å²) in [5, 5.41) is 9.56. The van der Waals surface area contributed by atoms with Crippen molar-refractivity contribution in [3.8, 4) is 0 Å². The fraction of sp³-hybridized carbons (Fsp3) is 0.938. The summed E-state index contributed by atoms with van der Waals surface area (Å²) in [5.41, 5.74) is -0.135. The molecule has 3 nitrogen and oxygen atoms in total. The van der Waals surface area contributed by atoms with E-state index in [1.807, 2.05) is 0 Å². The van der Waals surface area contributed by atoms with Gasteiger partial charge < -0.3 is 5.11 Å². The van der Waals surface area contributed by atoms with Crippen molar-refractivity contribution in [2.75, 3.05) is 19.7 Å². The van der Waals surface area contributed by atoms with E-state index in [0.717, 1.165) is 32.4 Å². The molecular weight excluding hydrogens is 238 g/mol. The molecule has 2 atom stereocenters. The molecule has 0 aromatic carbocycles. The fourth-order valence-corrected chi connectivity index (χ4v) is 3.74. The van der Waals surface area contributed by atoms with Crippen LogP contribution >= 0.6 is 0 Å². The quantitative estimate of drug-likeness (QED) is 0.854. The minimum absolute atomic E-state index is 0.135. The Kier molecular flexibility index (Phi) is 5.02. The molecule has 2 rings (SSSR count). The molecule has 0 spiro atoms. The van der Waals surface area contributed by atoms with Crippen LogP contribution < -0.4 is 0 Å². The molecule has 2 fully saturated rings. The number of carbonyl (C=O) groups is 1. The highest BCUT2D eigenvalue weighted by Gasteiger charge is 2.38. The van der Waals surface area contributed by atoms with E-state index in [2.05, 4.69) is 18.7 Å². The number of carbonyl (C=O) groups excluding carboxylic acids is 1. The number of hydrogen-bond acceptors (Lipinski definition) is 3. The van der Waals surface area contributed by atoms with E-state index in [1.54, 1.807) is 0 Å². The van der Waals surface area contributed by atoms with Crippen molar-refractivity contribution in [2.45, 2.75) is 64.8 Å². The first kappa shape index (κ1) is 15.0. The lowest BCUT2D eigenvalue weighted by Gasteiger charge is -2.38. The van der Waals surface area contributed by atoms with Gasteiger partial charge in [-0.05, 0) is 32.2 Å². The van der Waals surface area contributed by atoms with Gasteiger partial charge in [-0.2, -0.15) is 0 Å². The molecule has 19 heavy (non-hydrogen) atoms. The van der Waals surface area contributed by atoms with Gasteiger partial charge in [-0.1, -0.05) is 33.1 Å². The second-order valence-electron chi connectivity index (χ2n) is 7.02. The summed E-state index contributed by atoms with van der Waals surface area (Å²) in [7, 11) is 0. The second kappa shape index (κ2) is 6.36. The SMILES string of the molecule is CC1(C)CCCC(CN2CCCCCC2CO)C1=O. The molecule has 0 radical (unpaired) electrons. The van der Waals surface area contributed by atoms with Gasteiger partial charge in [-0.25, -0.2) is 0 Å². The average molecular weight is 267 g/mol. The van der Waals surface area contributed by atoms with Crippen molar-refractivity contribution >= 4 is 5.78 Å². The third-order valence-corrected chi connectivity index (χ3v) is 5.06. The molecular formula is C16H29NO2. The molecule has 2 aliphatic rings. The third-order valence-electron chi connectivity index (χ3n) is 5.06. The van der Waals surface area contributed by atoms with Crippen molar-refractivity contribution in [3.05, 3.63) is 0 Å². The lowest BCUT2D eigenvalue weighted by atomic mass is 9.71. The van der Waals surface area contributed by atoms with Crippen molar-refractivity contribution < 1.29 is 9.90 Å². The number of rotatable bonds is 3. The maximum Gasteiger partial charge on any atom is 0.142 e. The second-order valence-corrected chi connectivity index (χ2v) is 7.02. The van der Waals surface area contributed by atoms with Gasteiger partial charge in [0.05, 0.1) is 6.61 Å². The molecule has 0 amide bonds. The van der Waals surface area contributed by atoms with Gasteiger partial charge in [0.2, 0.25) is 0 Å². The van der Waals surface area contributed by atoms with E-state index < -0.39 is 0 Å². The van der Waals surface area contributed by atoms with Gasteiger partial charge in [0.15, 0.2) is 0 Å². The summed E-state index contributed by atoms with van der Waals surface area (Å²) in [5.74, 6) is 0.635.